The number of carbonyl (C=O) groups excluding carboxylic acids is 1. The first-order valence-corrected chi connectivity index (χ1v) is 8.97. The van der Waals surface area contributed by atoms with E-state index in [0.29, 0.717) is 0 Å². The van der Waals surface area contributed by atoms with E-state index in [2.05, 4.69) is 43.4 Å². The number of halogens is 2. The van der Waals surface area contributed by atoms with Crippen LogP contribution in [0.3, 0.4) is 0 Å². The van der Waals surface area contributed by atoms with Crippen LogP contribution in [0.15, 0.2) is 22.7 Å². The van der Waals surface area contributed by atoms with E-state index in [1.807, 2.05) is 23.1 Å². The molecule has 0 N–H and O–H groups in total. The molecule has 2 fully saturated rings. The lowest BCUT2D eigenvalue weighted by molar-refractivity contribution is 0.0631. The highest BCUT2D eigenvalue weighted by atomic mass is 127. The first-order valence-electron chi connectivity index (χ1n) is 7.10. The summed E-state index contributed by atoms with van der Waals surface area (Å²) in [5.41, 5.74) is 0.785. The molecule has 3 rings (SSSR count). The van der Waals surface area contributed by atoms with Gasteiger partial charge in [0.1, 0.15) is 0 Å². The van der Waals surface area contributed by atoms with Gasteiger partial charge < -0.3 is 4.90 Å². The van der Waals surface area contributed by atoms with Crippen molar-refractivity contribution in [2.75, 3.05) is 32.7 Å². The van der Waals surface area contributed by atoms with Gasteiger partial charge in [0, 0.05) is 40.8 Å². The third kappa shape index (κ3) is 3.54. The van der Waals surface area contributed by atoms with Crippen LogP contribution < -0.4 is 0 Å². The van der Waals surface area contributed by atoms with Crippen LogP contribution in [0.2, 0.25) is 0 Å². The van der Waals surface area contributed by atoms with E-state index in [4.69, 9.17) is 0 Å². The van der Waals surface area contributed by atoms with Gasteiger partial charge in [0.05, 0.1) is 5.56 Å². The summed E-state index contributed by atoms with van der Waals surface area (Å²) >= 11 is 5.74. The average molecular weight is 449 g/mol. The lowest BCUT2D eigenvalue weighted by atomic mass is 10.2. The van der Waals surface area contributed by atoms with Crippen molar-refractivity contribution in [3.63, 3.8) is 0 Å². The molecule has 1 aliphatic heterocycles. The van der Waals surface area contributed by atoms with Gasteiger partial charge in [-0.05, 0) is 75.5 Å². The Hall–Kier alpha value is -0.140. The summed E-state index contributed by atoms with van der Waals surface area (Å²) < 4.78 is 1.99. The molecule has 0 atom stereocenters. The third-order valence-electron chi connectivity index (χ3n) is 4.03. The monoisotopic (exact) mass is 448 g/mol. The van der Waals surface area contributed by atoms with Crippen molar-refractivity contribution in [2.45, 2.75) is 12.8 Å². The molecule has 0 unspecified atom stereocenters. The standard InChI is InChI=1S/C15H18BrIN2O/c16-14-4-3-12(17)9-13(14)15(20)19-7-5-18(6-8-19)10-11-1-2-11/h3-4,9,11H,1-2,5-8,10H2. The van der Waals surface area contributed by atoms with Crippen LogP contribution >= 0.6 is 38.5 Å². The van der Waals surface area contributed by atoms with Crippen molar-refractivity contribution in [1.82, 2.24) is 9.80 Å². The predicted molar refractivity (Wildman–Crippen MR) is 91.9 cm³/mol. The Kier molecular flexibility index (Phi) is 4.67. The second-order valence-electron chi connectivity index (χ2n) is 5.66. The zero-order chi connectivity index (χ0) is 14.1. The molecule has 1 aromatic rings. The minimum atomic E-state index is 0.154. The van der Waals surface area contributed by atoms with Crippen molar-refractivity contribution in [2.24, 2.45) is 5.92 Å². The quantitative estimate of drug-likeness (QED) is 0.663. The molecule has 1 saturated heterocycles. The molecule has 1 heterocycles. The summed E-state index contributed by atoms with van der Waals surface area (Å²) in [6, 6.07) is 5.93. The van der Waals surface area contributed by atoms with Gasteiger partial charge in [-0.15, -0.1) is 0 Å². The Morgan fingerprint density at radius 1 is 1.25 bits per heavy atom. The number of rotatable bonds is 3. The van der Waals surface area contributed by atoms with E-state index >= 15 is 0 Å². The zero-order valence-corrected chi connectivity index (χ0v) is 15.1. The summed E-state index contributed by atoms with van der Waals surface area (Å²) in [5.74, 6) is 1.09. The normalized spacial score (nSPS) is 20.2. The fourth-order valence-corrected chi connectivity index (χ4v) is 3.54. The van der Waals surface area contributed by atoms with Crippen LogP contribution in [0.4, 0.5) is 0 Å². The molecule has 0 radical (unpaired) electrons. The van der Waals surface area contributed by atoms with Crippen molar-refractivity contribution < 1.29 is 4.79 Å². The van der Waals surface area contributed by atoms with Gasteiger partial charge in [0.2, 0.25) is 0 Å². The Morgan fingerprint density at radius 2 is 1.95 bits per heavy atom. The fourth-order valence-electron chi connectivity index (χ4n) is 2.63. The topological polar surface area (TPSA) is 23.6 Å². The number of carbonyl (C=O) groups is 1. The molecule has 1 aliphatic carbocycles. The van der Waals surface area contributed by atoms with Crippen LogP contribution in [0.1, 0.15) is 23.2 Å². The van der Waals surface area contributed by atoms with Crippen molar-refractivity contribution in [3.05, 3.63) is 31.8 Å². The van der Waals surface area contributed by atoms with Crippen molar-refractivity contribution in [1.29, 1.82) is 0 Å². The van der Waals surface area contributed by atoms with Crippen LogP contribution in [-0.4, -0.2) is 48.4 Å². The molecule has 0 bridgehead atoms. The molecule has 20 heavy (non-hydrogen) atoms. The van der Waals surface area contributed by atoms with E-state index in [1.165, 1.54) is 19.4 Å². The predicted octanol–water partition coefficient (Wildman–Crippen LogP) is 3.22. The number of benzene rings is 1. The largest absolute Gasteiger partial charge is 0.336 e. The Balaban J connectivity index is 1.61. The molecule has 2 aliphatic rings. The minimum absolute atomic E-state index is 0.154. The molecule has 1 amide bonds. The molecule has 0 spiro atoms. The lowest BCUT2D eigenvalue weighted by Gasteiger charge is -2.35. The summed E-state index contributed by atoms with van der Waals surface area (Å²) in [6.45, 7) is 4.97. The van der Waals surface area contributed by atoms with Gasteiger partial charge in [-0.25, -0.2) is 0 Å². The average Bonchev–Trinajstić information content (AvgIpc) is 3.26. The zero-order valence-electron chi connectivity index (χ0n) is 11.3. The SMILES string of the molecule is O=C(c1cc(I)ccc1Br)N1CCN(CC2CC2)CC1. The highest BCUT2D eigenvalue weighted by Crippen LogP contribution is 2.30. The second-order valence-corrected chi connectivity index (χ2v) is 7.76. The van der Waals surface area contributed by atoms with Gasteiger partial charge in [-0.3, -0.25) is 9.69 Å². The van der Waals surface area contributed by atoms with Gasteiger partial charge in [-0.1, -0.05) is 0 Å². The van der Waals surface area contributed by atoms with E-state index in [-0.39, 0.29) is 5.91 Å². The maximum Gasteiger partial charge on any atom is 0.255 e. The first-order chi connectivity index (χ1) is 9.63. The molecule has 108 valence electrons. The molecule has 1 aromatic carbocycles. The number of hydrogen-bond acceptors (Lipinski definition) is 2. The number of nitrogens with zero attached hydrogens (tertiary/aromatic N) is 2. The second kappa shape index (κ2) is 6.32. The minimum Gasteiger partial charge on any atom is -0.336 e. The molecular formula is C15H18BrIN2O. The fraction of sp³-hybridized carbons (Fsp3) is 0.533. The maximum atomic E-state index is 12.6. The van der Waals surface area contributed by atoms with E-state index in [0.717, 1.165) is 45.7 Å². The molecule has 5 heteroatoms. The van der Waals surface area contributed by atoms with Crippen molar-refractivity contribution >= 4 is 44.4 Å². The van der Waals surface area contributed by atoms with Crippen LogP contribution in [0.25, 0.3) is 0 Å². The molecule has 1 saturated carbocycles. The Bertz CT molecular complexity index is 511. The van der Waals surface area contributed by atoms with E-state index < -0.39 is 0 Å². The highest BCUT2D eigenvalue weighted by molar-refractivity contribution is 14.1. The third-order valence-corrected chi connectivity index (χ3v) is 5.39. The smallest absolute Gasteiger partial charge is 0.255 e. The van der Waals surface area contributed by atoms with Gasteiger partial charge in [0.25, 0.3) is 5.91 Å². The van der Waals surface area contributed by atoms with Gasteiger partial charge >= 0.3 is 0 Å². The summed E-state index contributed by atoms with van der Waals surface area (Å²) in [4.78, 5) is 17.1. The van der Waals surface area contributed by atoms with Crippen LogP contribution in [0, 0.1) is 9.49 Å². The van der Waals surface area contributed by atoms with Gasteiger partial charge in [0.15, 0.2) is 0 Å². The number of piperazine rings is 1. The maximum absolute atomic E-state index is 12.6. The summed E-state index contributed by atoms with van der Waals surface area (Å²) in [5, 5.41) is 0. The van der Waals surface area contributed by atoms with Crippen LogP contribution in [0.5, 0.6) is 0 Å². The molecule has 3 nitrogen and oxygen atoms in total. The summed E-state index contributed by atoms with van der Waals surface area (Å²) in [6.07, 6.45) is 2.79. The molecule has 0 aromatic heterocycles. The number of amides is 1. The van der Waals surface area contributed by atoms with Gasteiger partial charge in [-0.2, -0.15) is 0 Å². The first kappa shape index (κ1) is 14.8. The van der Waals surface area contributed by atoms with E-state index in [1.54, 1.807) is 0 Å². The molecular weight excluding hydrogens is 431 g/mol. The van der Waals surface area contributed by atoms with Crippen molar-refractivity contribution in [3.8, 4) is 0 Å². The highest BCUT2D eigenvalue weighted by Gasteiger charge is 2.28. The number of hydrogen-bond donors (Lipinski definition) is 0. The van der Waals surface area contributed by atoms with E-state index in [9.17, 15) is 4.79 Å². The summed E-state index contributed by atoms with van der Waals surface area (Å²) in [7, 11) is 0. The van der Waals surface area contributed by atoms with Crippen LogP contribution in [-0.2, 0) is 0 Å². The Labute approximate surface area is 142 Å². The lowest BCUT2D eigenvalue weighted by Crippen LogP contribution is -2.49. The Morgan fingerprint density at radius 3 is 2.60 bits per heavy atom.